The normalized spacial score (nSPS) is 12.0. The molecule has 0 unspecified atom stereocenters. The lowest BCUT2D eigenvalue weighted by Crippen LogP contribution is -2.28. The van der Waals surface area contributed by atoms with Crippen molar-refractivity contribution in [2.75, 3.05) is 9.80 Å². The quantitative estimate of drug-likeness (QED) is 0.109. The van der Waals surface area contributed by atoms with Crippen LogP contribution in [-0.2, 0) is 4.57 Å². The Balaban J connectivity index is 0.000000111. The Morgan fingerprint density at radius 2 is 0.907 bits per heavy atom. The van der Waals surface area contributed by atoms with Gasteiger partial charge in [0.15, 0.2) is 7.14 Å². The van der Waals surface area contributed by atoms with Gasteiger partial charge in [-0.15, -0.1) is 0 Å². The zero-order chi connectivity index (χ0) is 93.3. The Morgan fingerprint density at radius 1 is 0.336 bits per heavy atom. The molecule has 15 aromatic carbocycles. The zero-order valence-electron chi connectivity index (χ0n) is 76.3. The second-order valence-corrected chi connectivity index (χ2v) is 38.9. The van der Waals surface area contributed by atoms with Crippen molar-refractivity contribution in [2.45, 2.75) is 23.8 Å². The molecule has 12 heterocycles. The lowest BCUT2D eigenvalue weighted by Gasteiger charge is -2.30. The first-order valence-electron chi connectivity index (χ1n) is 46.9. The van der Waals surface area contributed by atoms with Gasteiger partial charge < -0.3 is 23.0 Å². The molecule has 0 radical (unpaired) electrons. The number of aryl methyl sites for hydroxylation is 1. The van der Waals surface area contributed by atoms with E-state index in [4.69, 9.17) is 24.4 Å². The second-order valence-electron chi connectivity index (χ2n) is 35.1. The molecule has 0 saturated carbocycles. The third kappa shape index (κ3) is 14.6. The molecule has 0 amide bonds. The summed E-state index contributed by atoms with van der Waals surface area (Å²) in [6.07, 6.45) is 13.3. The van der Waals surface area contributed by atoms with Crippen LogP contribution in [0.15, 0.2) is 495 Å². The fourth-order valence-corrected chi connectivity index (χ4v) is 24.3. The summed E-state index contributed by atoms with van der Waals surface area (Å²) in [4.78, 5) is 35.8. The third-order valence-corrected chi connectivity index (χ3v) is 31.3. The molecule has 3 aliphatic heterocycles. The van der Waals surface area contributed by atoms with Gasteiger partial charge in [0, 0.05) is 141 Å². The number of anilines is 6. The number of benzene rings is 15. The van der Waals surface area contributed by atoms with Gasteiger partial charge >= 0.3 is 0 Å². The Hall–Kier alpha value is -17.7. The minimum atomic E-state index is -3.32. The van der Waals surface area contributed by atoms with Gasteiger partial charge in [-0.05, 0) is 184 Å². The van der Waals surface area contributed by atoms with Crippen molar-refractivity contribution < 1.29 is 8.98 Å². The summed E-state index contributed by atoms with van der Waals surface area (Å²) >= 11 is 1.75. The van der Waals surface area contributed by atoms with Crippen molar-refractivity contribution in [3.63, 3.8) is 0 Å². The van der Waals surface area contributed by atoms with Crippen LogP contribution in [0, 0.1) is 13.8 Å². The molecule has 9 aromatic heterocycles. The van der Waals surface area contributed by atoms with Crippen molar-refractivity contribution >= 4 is 113 Å². The molecule has 662 valence electrons. The molecule has 24 aromatic rings. The van der Waals surface area contributed by atoms with Crippen LogP contribution in [0.25, 0.3) is 178 Å². The van der Waals surface area contributed by atoms with Gasteiger partial charge in [-0.3, -0.25) is 14.9 Å². The minimum Gasteiger partial charge on any atom is -0.464 e. The van der Waals surface area contributed by atoms with Crippen molar-refractivity contribution in [1.29, 1.82) is 0 Å². The average Bonchev–Trinajstić information content (AvgIpc) is 1.57. The molecule has 0 saturated heterocycles. The lowest BCUT2D eigenvalue weighted by molar-refractivity contribution is 0.592. The summed E-state index contributed by atoms with van der Waals surface area (Å²) in [5.74, 6) is 0.655. The van der Waals surface area contributed by atoms with Gasteiger partial charge in [-0.2, -0.15) is 0 Å². The molecule has 140 heavy (non-hydrogen) atoms. The summed E-state index contributed by atoms with van der Waals surface area (Å²) in [6.45, 7) is 4.49. The average molecular weight is 1830 g/mol. The van der Waals surface area contributed by atoms with Crippen LogP contribution in [0.4, 0.5) is 34.3 Å². The van der Waals surface area contributed by atoms with Gasteiger partial charge in [0.25, 0.3) is 0 Å². The lowest BCUT2D eigenvalue weighted by atomic mass is 9.91. The maximum Gasteiger partial charge on any atom is 0.188 e. The number of hydrogen-bond donors (Lipinski definition) is 0. The van der Waals surface area contributed by atoms with E-state index < -0.39 is 7.14 Å². The summed E-state index contributed by atoms with van der Waals surface area (Å²) < 4.78 is 26.0. The Bertz CT molecular complexity index is 8880. The summed E-state index contributed by atoms with van der Waals surface area (Å²) in [5.41, 5.74) is 37.4. The third-order valence-electron chi connectivity index (χ3n) is 27.3. The largest absolute Gasteiger partial charge is 0.464 e. The number of aromatic nitrogens is 8. The molecule has 0 fully saturated rings. The first kappa shape index (κ1) is 84.0. The number of rotatable bonds is 12. The summed E-state index contributed by atoms with van der Waals surface area (Å²) in [5, 5.41) is 8.42. The highest BCUT2D eigenvalue weighted by molar-refractivity contribution is 7.99. The zero-order valence-corrected chi connectivity index (χ0v) is 78.0. The van der Waals surface area contributed by atoms with Crippen molar-refractivity contribution in [2.24, 2.45) is 0 Å². The Kier molecular flexibility index (Phi) is 21.3. The van der Waals surface area contributed by atoms with Crippen LogP contribution in [0.2, 0.25) is 0 Å². The van der Waals surface area contributed by atoms with E-state index in [0.717, 1.165) is 172 Å². The van der Waals surface area contributed by atoms with Crippen LogP contribution >= 0.6 is 18.9 Å². The fraction of sp³-hybridized carbons (Fsp3) is 0.0159. The number of para-hydroxylation sites is 2. The number of hydrogen-bond acceptors (Lipinski definition) is 11. The van der Waals surface area contributed by atoms with Crippen molar-refractivity contribution in [3.8, 4) is 134 Å². The highest BCUT2D eigenvalue weighted by Crippen LogP contribution is 2.58. The van der Waals surface area contributed by atoms with Crippen LogP contribution in [0.3, 0.4) is 0 Å². The first-order valence-corrected chi connectivity index (χ1v) is 49.4. The van der Waals surface area contributed by atoms with E-state index in [0.29, 0.717) is 11.3 Å². The topological polar surface area (TPSA) is 124 Å². The molecule has 0 aliphatic carbocycles. The molecule has 0 bridgehead atoms. The number of fused-ring (bicyclic) bond motifs is 22. The van der Waals surface area contributed by atoms with E-state index >= 15 is 4.57 Å². The molecule has 0 spiro atoms. The van der Waals surface area contributed by atoms with Crippen molar-refractivity contribution in [1.82, 2.24) is 39.0 Å². The van der Waals surface area contributed by atoms with E-state index in [1.54, 1.807) is 18.0 Å². The fourth-order valence-electron chi connectivity index (χ4n) is 20.7. The molecule has 12 nitrogen and oxygen atoms in total. The van der Waals surface area contributed by atoms with Gasteiger partial charge in [-0.25, -0.2) is 19.9 Å². The SMILES string of the molecule is Cc1c(C)n(-c2cc(-c3ccccc3)nc(-c3ccccc3)c2)c2ccc3c(c12)-c1cccnc1Sc1ccccc1-3.O=P(c1ccccc1)(c1ccccc1)c1cccc(N2c3ccncc3-c3ccc4ccn(-c5ccccc5)c4c3-c3cnccc32)n1.c1ccc(-c2ccc3c(n2)-c2c(ccc4occc24)-c2ccccc2N3c2cc(-c3cccc4ccccc34)ccc2-c2ccccc2)cc1. The summed E-state index contributed by atoms with van der Waals surface area (Å²) in [6, 6.07) is 152. The second kappa shape index (κ2) is 35.5. The van der Waals surface area contributed by atoms with Crippen LogP contribution < -0.4 is 25.8 Å². The Morgan fingerprint density at radius 3 is 1.64 bits per heavy atom. The molecular weight excluding hydrogens is 1750 g/mol. The molecule has 3 aliphatic rings. The maximum atomic E-state index is 15.4. The van der Waals surface area contributed by atoms with Gasteiger partial charge in [-0.1, -0.05) is 333 Å². The predicted molar refractivity (Wildman–Crippen MR) is 576 cm³/mol. The first-order chi connectivity index (χ1) is 69.2. The van der Waals surface area contributed by atoms with E-state index in [9.17, 15) is 0 Å². The molecule has 27 rings (SSSR count). The van der Waals surface area contributed by atoms with Gasteiger partial charge in [0.2, 0.25) is 0 Å². The predicted octanol–water partition coefficient (Wildman–Crippen LogP) is 31.8. The van der Waals surface area contributed by atoms with Gasteiger partial charge in [0.05, 0.1) is 74.2 Å². The van der Waals surface area contributed by atoms with Gasteiger partial charge in [0.1, 0.15) is 21.9 Å². The molecule has 14 heteroatoms. The summed E-state index contributed by atoms with van der Waals surface area (Å²) in [7, 11) is -3.32. The van der Waals surface area contributed by atoms with Crippen LogP contribution in [0.5, 0.6) is 0 Å². The number of furan rings is 1. The number of nitrogens with zero attached hydrogens (tertiary/aromatic N) is 10. The Labute approximate surface area is 814 Å². The smallest absolute Gasteiger partial charge is 0.188 e. The van der Waals surface area contributed by atoms with E-state index in [1.165, 1.54) is 65.6 Å². The standard InChI is InChI=1S/C47H30N2O.C41H28N5OP.C38H27N3S/c1-3-12-32(13-4-1)37-23-22-34(36-20-11-17-31-14-7-8-18-35(31)36)30-44(37)49-42-21-10-9-19-38(42)39-24-27-45-40(28-29-50-45)46(39)47-43(49)26-25-41(48-47)33-15-5-2-6-16-33;47-48(31-13-6-2-7-14-31,32-15-8-3-9-16-32)39-18-10-17-38(44-39)46-36-21-24-42-27-34(36)33-20-19-29-23-26-45(30-11-4-1-5-12-30)41(29)40(33)35-28-43-25-22-37(35)46;1-24-25(2)41(28-22-32(26-12-5-3-6-13-26)40-33(23-28)27-14-7-4-8-15-27)34-20-19-30-29-16-9-10-18-35(29)42-38-31(17-11-21-39-38)37(30)36(24)34/h1-30H;1-28H;3-23H,1-2H3. The van der Waals surface area contributed by atoms with E-state index in [-0.39, 0.29) is 0 Å². The van der Waals surface area contributed by atoms with E-state index in [1.807, 2.05) is 146 Å². The number of pyridine rings is 6. The van der Waals surface area contributed by atoms with Crippen molar-refractivity contribution in [3.05, 3.63) is 491 Å². The maximum absolute atomic E-state index is 15.4. The van der Waals surface area contributed by atoms with Crippen LogP contribution in [0.1, 0.15) is 11.3 Å². The molecular formula is C126H85N10O2PS. The molecule has 0 atom stereocenters. The van der Waals surface area contributed by atoms with Crippen LogP contribution in [-0.4, -0.2) is 39.0 Å². The minimum absolute atomic E-state index is 0.519. The molecule has 0 N–H and O–H groups in total. The highest BCUT2D eigenvalue weighted by Gasteiger charge is 2.37. The highest BCUT2D eigenvalue weighted by atomic mass is 32.2. The monoisotopic (exact) mass is 1830 g/mol. The van der Waals surface area contributed by atoms with E-state index in [2.05, 4.69) is 370 Å².